The first-order valence-corrected chi connectivity index (χ1v) is 7.69. The van der Waals surface area contributed by atoms with Crippen molar-refractivity contribution in [2.45, 2.75) is 5.92 Å². The van der Waals surface area contributed by atoms with Gasteiger partial charge in [-0.25, -0.2) is 0 Å². The molecule has 3 heterocycles. The summed E-state index contributed by atoms with van der Waals surface area (Å²) in [4.78, 5) is 4.31. The maximum Gasteiger partial charge on any atom is 0.0621 e. The Morgan fingerprint density at radius 1 is 0.625 bits per heavy atom. The molecule has 80 valence electrons. The van der Waals surface area contributed by atoms with E-state index in [-0.39, 0.29) is 0 Å². The van der Waals surface area contributed by atoms with Gasteiger partial charge in [0.2, 0.25) is 0 Å². The molecule has 0 unspecified atom stereocenters. The van der Waals surface area contributed by atoms with Crippen LogP contribution < -0.4 is 0 Å². The molecule has 0 saturated carbocycles. The lowest BCUT2D eigenvalue weighted by Gasteiger charge is -2.11. The highest BCUT2D eigenvalue weighted by atomic mass is 32.1. The second kappa shape index (κ2) is 4.53. The first kappa shape index (κ1) is 10.3. The Kier molecular flexibility index (Phi) is 2.91. The molecule has 0 aliphatic carbocycles. The number of rotatable bonds is 3. The van der Waals surface area contributed by atoms with Crippen molar-refractivity contribution < 1.29 is 0 Å². The fraction of sp³-hybridized carbons (Fsp3) is 0.0769. The first-order valence-electron chi connectivity index (χ1n) is 5.05. The summed E-state index contributed by atoms with van der Waals surface area (Å²) in [5.74, 6) is 0.444. The van der Waals surface area contributed by atoms with E-state index in [1.54, 1.807) is 0 Å². The van der Waals surface area contributed by atoms with E-state index in [0.29, 0.717) is 5.92 Å². The summed E-state index contributed by atoms with van der Waals surface area (Å²) in [5, 5.41) is 6.47. The summed E-state index contributed by atoms with van der Waals surface area (Å²) in [7, 11) is 0. The highest BCUT2D eigenvalue weighted by Gasteiger charge is 2.19. The van der Waals surface area contributed by atoms with Gasteiger partial charge in [0.15, 0.2) is 0 Å². The third-order valence-electron chi connectivity index (χ3n) is 2.48. The van der Waals surface area contributed by atoms with Crippen molar-refractivity contribution in [1.82, 2.24) is 0 Å². The van der Waals surface area contributed by atoms with E-state index in [4.69, 9.17) is 0 Å². The van der Waals surface area contributed by atoms with Crippen LogP contribution in [0.5, 0.6) is 0 Å². The average molecular weight is 262 g/mol. The SMILES string of the molecule is c1csc(C(c2cccs2)c2cccs2)c1. The van der Waals surface area contributed by atoms with E-state index >= 15 is 0 Å². The van der Waals surface area contributed by atoms with E-state index in [0.717, 1.165) is 0 Å². The normalized spacial score (nSPS) is 11.1. The van der Waals surface area contributed by atoms with Crippen LogP contribution in [0.2, 0.25) is 0 Å². The van der Waals surface area contributed by atoms with Crippen LogP contribution in [-0.2, 0) is 0 Å². The predicted octanol–water partition coefficient (Wildman–Crippen LogP) is 5.05. The molecule has 0 fully saturated rings. The first-order chi connectivity index (χ1) is 7.95. The molecule has 16 heavy (non-hydrogen) atoms. The van der Waals surface area contributed by atoms with Gasteiger partial charge >= 0.3 is 0 Å². The van der Waals surface area contributed by atoms with Crippen molar-refractivity contribution in [2.75, 3.05) is 0 Å². The van der Waals surface area contributed by atoms with Gasteiger partial charge in [0, 0.05) is 14.6 Å². The molecule has 0 amide bonds. The summed E-state index contributed by atoms with van der Waals surface area (Å²) < 4.78 is 0. The zero-order chi connectivity index (χ0) is 10.8. The fourth-order valence-electron chi connectivity index (χ4n) is 1.79. The molecule has 0 aromatic carbocycles. The summed E-state index contributed by atoms with van der Waals surface area (Å²) in [6, 6.07) is 13.1. The number of thiophene rings is 3. The van der Waals surface area contributed by atoms with E-state index in [1.165, 1.54) is 14.6 Å². The van der Waals surface area contributed by atoms with Crippen LogP contribution >= 0.6 is 34.0 Å². The minimum absolute atomic E-state index is 0.444. The molecular weight excluding hydrogens is 252 g/mol. The summed E-state index contributed by atoms with van der Waals surface area (Å²) in [5.41, 5.74) is 0. The lowest BCUT2D eigenvalue weighted by atomic mass is 10.0. The largest absolute Gasteiger partial charge is 0.148 e. The number of hydrogen-bond acceptors (Lipinski definition) is 3. The summed E-state index contributed by atoms with van der Waals surface area (Å²) >= 11 is 5.52. The van der Waals surface area contributed by atoms with Crippen molar-refractivity contribution in [3.63, 3.8) is 0 Å². The standard InChI is InChI=1S/C13H10S3/c1-4-10(14-7-1)13(11-5-2-8-15-11)12-6-3-9-16-12/h1-9,13H. The third-order valence-corrected chi connectivity index (χ3v) is 5.29. The molecule has 0 atom stereocenters. The Morgan fingerprint density at radius 3 is 1.25 bits per heavy atom. The Hall–Kier alpha value is -0.900. The van der Waals surface area contributed by atoms with Crippen LogP contribution in [0.4, 0.5) is 0 Å². The maximum absolute atomic E-state index is 2.23. The molecule has 0 N–H and O–H groups in total. The van der Waals surface area contributed by atoms with Gasteiger partial charge in [-0.15, -0.1) is 34.0 Å². The van der Waals surface area contributed by atoms with Crippen molar-refractivity contribution >= 4 is 34.0 Å². The van der Waals surface area contributed by atoms with Gasteiger partial charge in [-0.3, -0.25) is 0 Å². The molecule has 0 saturated heterocycles. The van der Waals surface area contributed by atoms with Crippen molar-refractivity contribution in [3.8, 4) is 0 Å². The Labute approximate surface area is 107 Å². The second-order valence-electron chi connectivity index (χ2n) is 3.48. The molecule has 0 aliphatic heterocycles. The van der Waals surface area contributed by atoms with Gasteiger partial charge in [0.1, 0.15) is 0 Å². The van der Waals surface area contributed by atoms with Crippen LogP contribution in [0, 0.1) is 0 Å². The summed E-state index contributed by atoms with van der Waals surface area (Å²) in [6.07, 6.45) is 0. The zero-order valence-corrected chi connectivity index (χ0v) is 10.9. The Bertz CT molecular complexity index is 436. The molecule has 0 bridgehead atoms. The highest BCUT2D eigenvalue weighted by molar-refractivity contribution is 7.13. The van der Waals surface area contributed by atoms with Crippen LogP contribution in [0.1, 0.15) is 20.5 Å². The molecule has 0 spiro atoms. The van der Waals surface area contributed by atoms with E-state index < -0.39 is 0 Å². The topological polar surface area (TPSA) is 0 Å². The van der Waals surface area contributed by atoms with Crippen LogP contribution in [0.3, 0.4) is 0 Å². The van der Waals surface area contributed by atoms with Crippen LogP contribution in [0.15, 0.2) is 52.5 Å². The van der Waals surface area contributed by atoms with Gasteiger partial charge < -0.3 is 0 Å². The lowest BCUT2D eigenvalue weighted by molar-refractivity contribution is 1.07. The Morgan fingerprint density at radius 2 is 1.00 bits per heavy atom. The lowest BCUT2D eigenvalue weighted by Crippen LogP contribution is -1.95. The molecule has 3 rings (SSSR count). The minimum atomic E-state index is 0.444. The second-order valence-corrected chi connectivity index (χ2v) is 6.42. The maximum atomic E-state index is 2.23. The minimum Gasteiger partial charge on any atom is -0.148 e. The predicted molar refractivity (Wildman–Crippen MR) is 73.9 cm³/mol. The van der Waals surface area contributed by atoms with E-state index in [9.17, 15) is 0 Å². The quantitative estimate of drug-likeness (QED) is 0.619. The van der Waals surface area contributed by atoms with Gasteiger partial charge in [-0.2, -0.15) is 0 Å². The molecule has 3 aromatic rings. The Balaban J connectivity index is 2.09. The van der Waals surface area contributed by atoms with Gasteiger partial charge in [-0.05, 0) is 34.3 Å². The van der Waals surface area contributed by atoms with Crippen molar-refractivity contribution in [1.29, 1.82) is 0 Å². The molecule has 3 aromatic heterocycles. The average Bonchev–Trinajstić information content (AvgIpc) is 3.02. The smallest absolute Gasteiger partial charge is 0.0621 e. The molecule has 0 radical (unpaired) electrons. The van der Waals surface area contributed by atoms with Gasteiger partial charge in [0.25, 0.3) is 0 Å². The van der Waals surface area contributed by atoms with Gasteiger partial charge in [-0.1, -0.05) is 18.2 Å². The molecule has 3 heteroatoms. The van der Waals surface area contributed by atoms with Crippen LogP contribution in [0.25, 0.3) is 0 Å². The van der Waals surface area contributed by atoms with E-state index in [2.05, 4.69) is 52.5 Å². The molecule has 0 nitrogen and oxygen atoms in total. The fourth-order valence-corrected chi connectivity index (χ4v) is 4.60. The van der Waals surface area contributed by atoms with Gasteiger partial charge in [0.05, 0.1) is 5.92 Å². The van der Waals surface area contributed by atoms with Crippen LogP contribution in [-0.4, -0.2) is 0 Å². The third kappa shape index (κ3) is 1.86. The molecular formula is C13H10S3. The van der Waals surface area contributed by atoms with E-state index in [1.807, 2.05) is 34.0 Å². The number of hydrogen-bond donors (Lipinski definition) is 0. The van der Waals surface area contributed by atoms with Crippen molar-refractivity contribution in [3.05, 3.63) is 67.2 Å². The monoisotopic (exact) mass is 262 g/mol. The van der Waals surface area contributed by atoms with Crippen molar-refractivity contribution in [2.24, 2.45) is 0 Å². The zero-order valence-electron chi connectivity index (χ0n) is 8.50. The highest BCUT2D eigenvalue weighted by Crippen LogP contribution is 2.38. The summed E-state index contributed by atoms with van der Waals surface area (Å²) in [6.45, 7) is 0. The molecule has 0 aliphatic rings.